The first kappa shape index (κ1) is 18.6. The molecule has 27 heavy (non-hydrogen) atoms. The largest absolute Gasteiger partial charge is 0.497 e. The molecule has 0 saturated carbocycles. The molecule has 0 saturated heterocycles. The van der Waals surface area contributed by atoms with E-state index in [1.54, 1.807) is 19.2 Å². The molecule has 3 aromatic rings. The molecule has 3 rings (SSSR count). The van der Waals surface area contributed by atoms with Gasteiger partial charge in [-0.25, -0.2) is 9.18 Å². The Hall–Kier alpha value is -3.14. The van der Waals surface area contributed by atoms with Crippen LogP contribution in [0.3, 0.4) is 0 Å². The highest BCUT2D eigenvalue weighted by atomic mass is 19.1. The Morgan fingerprint density at radius 2 is 1.41 bits per heavy atom. The van der Waals surface area contributed by atoms with E-state index in [4.69, 9.17) is 9.47 Å². The number of rotatable bonds is 5. The zero-order chi connectivity index (χ0) is 19.4. The van der Waals surface area contributed by atoms with Gasteiger partial charge in [-0.2, -0.15) is 0 Å². The summed E-state index contributed by atoms with van der Waals surface area (Å²) < 4.78 is 23.8. The predicted octanol–water partition coefficient (Wildman–Crippen LogP) is 5.38. The Morgan fingerprint density at radius 3 is 1.93 bits per heavy atom. The van der Waals surface area contributed by atoms with Gasteiger partial charge in [-0.3, -0.25) is 0 Å². The van der Waals surface area contributed by atoms with Gasteiger partial charge in [0.25, 0.3) is 0 Å². The van der Waals surface area contributed by atoms with Gasteiger partial charge in [-0.1, -0.05) is 44.2 Å². The highest BCUT2D eigenvalue weighted by Crippen LogP contribution is 2.33. The van der Waals surface area contributed by atoms with Gasteiger partial charge in [-0.05, 0) is 53.6 Å². The zero-order valence-electron chi connectivity index (χ0n) is 15.5. The third-order valence-electron chi connectivity index (χ3n) is 4.66. The fourth-order valence-corrected chi connectivity index (χ4v) is 2.90. The highest BCUT2D eigenvalue weighted by Gasteiger charge is 2.23. The van der Waals surface area contributed by atoms with Crippen LogP contribution >= 0.6 is 0 Å². The second-order valence-electron chi connectivity index (χ2n) is 6.78. The second-order valence-corrected chi connectivity index (χ2v) is 6.78. The highest BCUT2D eigenvalue weighted by molar-refractivity contribution is 5.91. The monoisotopic (exact) mass is 364 g/mol. The fraction of sp³-hybridized carbons (Fsp3) is 0.174. The van der Waals surface area contributed by atoms with Gasteiger partial charge in [0.05, 0.1) is 12.7 Å². The predicted molar refractivity (Wildman–Crippen MR) is 103 cm³/mol. The van der Waals surface area contributed by atoms with Crippen molar-refractivity contribution in [3.8, 4) is 11.5 Å². The number of ether oxygens (including phenoxy) is 2. The van der Waals surface area contributed by atoms with Gasteiger partial charge >= 0.3 is 5.97 Å². The Kier molecular flexibility index (Phi) is 5.26. The van der Waals surface area contributed by atoms with Gasteiger partial charge in [0.15, 0.2) is 0 Å². The van der Waals surface area contributed by atoms with E-state index < -0.39 is 11.8 Å². The summed E-state index contributed by atoms with van der Waals surface area (Å²) in [5.74, 6) is 0.172. The summed E-state index contributed by atoms with van der Waals surface area (Å²) in [4.78, 5) is 12.1. The van der Waals surface area contributed by atoms with Crippen molar-refractivity contribution in [1.82, 2.24) is 0 Å². The van der Waals surface area contributed by atoms with Crippen LogP contribution in [0.25, 0.3) is 0 Å². The minimum absolute atomic E-state index is 0.178. The molecular formula is C23H21FO3. The number of halogens is 1. The molecular weight excluding hydrogens is 343 g/mol. The quantitative estimate of drug-likeness (QED) is 0.450. The summed E-state index contributed by atoms with van der Waals surface area (Å²) in [6.45, 7) is 4.26. The molecule has 0 fully saturated rings. The van der Waals surface area contributed by atoms with Crippen LogP contribution in [0.5, 0.6) is 11.5 Å². The lowest BCUT2D eigenvalue weighted by Crippen LogP contribution is -2.18. The lowest BCUT2D eigenvalue weighted by molar-refractivity contribution is 0.0734. The van der Waals surface area contributed by atoms with Crippen molar-refractivity contribution in [2.75, 3.05) is 7.11 Å². The Bertz CT molecular complexity index is 929. The van der Waals surface area contributed by atoms with Crippen molar-refractivity contribution in [2.45, 2.75) is 19.3 Å². The maximum Gasteiger partial charge on any atom is 0.343 e. The number of carbonyl (C=O) groups excluding carboxylic acids is 1. The molecule has 0 aliphatic heterocycles. The van der Waals surface area contributed by atoms with Crippen LogP contribution in [0.2, 0.25) is 0 Å². The molecule has 0 atom stereocenters. The molecule has 0 radical (unpaired) electrons. The van der Waals surface area contributed by atoms with E-state index in [1.807, 2.05) is 36.4 Å². The third-order valence-corrected chi connectivity index (χ3v) is 4.66. The van der Waals surface area contributed by atoms with Crippen LogP contribution in [-0.2, 0) is 5.41 Å². The lowest BCUT2D eigenvalue weighted by atomic mass is 9.78. The molecule has 138 valence electrons. The van der Waals surface area contributed by atoms with Crippen molar-refractivity contribution < 1.29 is 18.7 Å². The van der Waals surface area contributed by atoms with Gasteiger partial charge in [-0.15, -0.1) is 0 Å². The Balaban J connectivity index is 1.76. The van der Waals surface area contributed by atoms with Gasteiger partial charge in [0, 0.05) is 5.41 Å². The van der Waals surface area contributed by atoms with Gasteiger partial charge < -0.3 is 9.47 Å². The van der Waals surface area contributed by atoms with Crippen molar-refractivity contribution in [2.24, 2.45) is 0 Å². The number of hydrogen-bond acceptors (Lipinski definition) is 3. The molecule has 0 aliphatic rings. The molecule has 3 nitrogen and oxygen atoms in total. The summed E-state index contributed by atoms with van der Waals surface area (Å²) in [6.07, 6.45) is 0. The summed E-state index contributed by atoms with van der Waals surface area (Å²) in [7, 11) is 1.64. The summed E-state index contributed by atoms with van der Waals surface area (Å²) in [6, 6.07) is 20.7. The molecule has 0 aromatic heterocycles. The maximum atomic E-state index is 13.2. The number of hydrogen-bond donors (Lipinski definition) is 0. The van der Waals surface area contributed by atoms with Crippen LogP contribution in [0.4, 0.5) is 4.39 Å². The van der Waals surface area contributed by atoms with Crippen molar-refractivity contribution in [3.05, 3.63) is 95.3 Å². The normalized spacial score (nSPS) is 11.1. The smallest absolute Gasteiger partial charge is 0.343 e. The Labute approximate surface area is 158 Å². The molecule has 0 unspecified atom stereocenters. The van der Waals surface area contributed by atoms with Crippen LogP contribution < -0.4 is 9.47 Å². The summed E-state index contributed by atoms with van der Waals surface area (Å²) >= 11 is 0. The van der Waals surface area contributed by atoms with Crippen LogP contribution in [0.1, 0.15) is 35.3 Å². The fourth-order valence-electron chi connectivity index (χ4n) is 2.90. The third kappa shape index (κ3) is 4.17. The van der Waals surface area contributed by atoms with E-state index in [-0.39, 0.29) is 11.0 Å². The maximum absolute atomic E-state index is 13.2. The van der Waals surface area contributed by atoms with Gasteiger partial charge in [0.1, 0.15) is 17.3 Å². The lowest BCUT2D eigenvalue weighted by Gasteiger charge is -2.26. The van der Waals surface area contributed by atoms with Crippen LogP contribution in [0.15, 0.2) is 72.8 Å². The molecule has 0 aliphatic carbocycles. The number of methoxy groups -OCH3 is 1. The summed E-state index contributed by atoms with van der Waals surface area (Å²) in [5, 5.41) is 0. The first-order valence-corrected chi connectivity index (χ1v) is 8.63. The standard InChI is InChI=1S/C23H21FO3/c1-23(2,17-7-11-20(26-3)12-8-17)18-9-13-21(14-10-18)27-22(25)16-5-4-6-19(24)15-16/h4-15H,1-3H3. The van der Waals surface area contributed by atoms with E-state index in [1.165, 1.54) is 18.2 Å². The Morgan fingerprint density at radius 1 is 0.852 bits per heavy atom. The van der Waals surface area contributed by atoms with E-state index in [0.29, 0.717) is 5.75 Å². The molecule has 0 amide bonds. The summed E-state index contributed by atoms with van der Waals surface area (Å²) in [5.41, 5.74) is 2.18. The van der Waals surface area contributed by atoms with E-state index >= 15 is 0 Å². The van der Waals surface area contributed by atoms with Crippen LogP contribution in [0, 0.1) is 5.82 Å². The van der Waals surface area contributed by atoms with Crippen LogP contribution in [-0.4, -0.2) is 13.1 Å². The molecule has 3 aromatic carbocycles. The number of esters is 1. The first-order valence-electron chi connectivity index (χ1n) is 8.63. The number of benzene rings is 3. The molecule has 0 spiro atoms. The molecule has 0 heterocycles. The molecule has 4 heteroatoms. The minimum Gasteiger partial charge on any atom is -0.497 e. The van der Waals surface area contributed by atoms with Crippen molar-refractivity contribution in [3.63, 3.8) is 0 Å². The average Bonchev–Trinajstić information content (AvgIpc) is 2.68. The molecule has 0 N–H and O–H groups in total. The average molecular weight is 364 g/mol. The SMILES string of the molecule is COc1ccc(C(C)(C)c2ccc(OC(=O)c3cccc(F)c3)cc2)cc1. The number of carbonyl (C=O) groups is 1. The van der Waals surface area contributed by atoms with Gasteiger partial charge in [0.2, 0.25) is 0 Å². The molecule has 0 bridgehead atoms. The second kappa shape index (κ2) is 7.62. The zero-order valence-corrected chi connectivity index (χ0v) is 15.5. The van der Waals surface area contributed by atoms with E-state index in [2.05, 4.69) is 13.8 Å². The van der Waals surface area contributed by atoms with E-state index in [9.17, 15) is 9.18 Å². The van der Waals surface area contributed by atoms with E-state index in [0.717, 1.165) is 22.9 Å². The first-order chi connectivity index (χ1) is 12.9. The van der Waals surface area contributed by atoms with Crippen molar-refractivity contribution >= 4 is 5.97 Å². The topological polar surface area (TPSA) is 35.5 Å². The van der Waals surface area contributed by atoms with Crippen molar-refractivity contribution in [1.29, 1.82) is 0 Å². The minimum atomic E-state index is -0.586.